The lowest BCUT2D eigenvalue weighted by molar-refractivity contribution is 0.590. The number of thioether (sulfide) groups is 1. The maximum absolute atomic E-state index is 11.5. The standard InChI is InChI=1S/C22H27N3O2S2/c1-16-8-6-7-9-19(16)25-20(17-10-12-18(13-11-17)22(2,3)4)23-24-21(25)28-14-15-29(5,26)27/h6-13H,14-15H2,1-5H3. The SMILES string of the molecule is Cc1ccccc1-n1c(SCCS(C)(=O)=O)nnc1-c1ccc(C(C)(C)C)cc1. The van der Waals surface area contributed by atoms with Crippen molar-refractivity contribution >= 4 is 21.6 Å². The maximum atomic E-state index is 11.5. The van der Waals surface area contributed by atoms with Crippen LogP contribution in [-0.2, 0) is 15.3 Å². The molecule has 0 spiro atoms. The summed E-state index contributed by atoms with van der Waals surface area (Å²) in [6, 6.07) is 16.5. The zero-order chi connectivity index (χ0) is 21.2. The summed E-state index contributed by atoms with van der Waals surface area (Å²) in [5, 5.41) is 9.53. The van der Waals surface area contributed by atoms with Gasteiger partial charge in [-0.25, -0.2) is 8.42 Å². The maximum Gasteiger partial charge on any atom is 0.196 e. The Labute approximate surface area is 177 Å². The first-order chi connectivity index (χ1) is 13.6. The summed E-state index contributed by atoms with van der Waals surface area (Å²) >= 11 is 1.41. The first kappa shape index (κ1) is 21.6. The van der Waals surface area contributed by atoms with E-state index in [1.807, 2.05) is 35.8 Å². The molecule has 0 amide bonds. The van der Waals surface area contributed by atoms with Crippen LogP contribution in [0.15, 0.2) is 53.7 Å². The van der Waals surface area contributed by atoms with Crippen molar-refractivity contribution in [3.05, 3.63) is 59.7 Å². The normalized spacial score (nSPS) is 12.3. The number of rotatable bonds is 6. The number of sulfone groups is 1. The van der Waals surface area contributed by atoms with Crippen molar-refractivity contribution in [2.24, 2.45) is 0 Å². The van der Waals surface area contributed by atoms with Gasteiger partial charge in [-0.15, -0.1) is 10.2 Å². The molecular weight excluding hydrogens is 402 g/mol. The summed E-state index contributed by atoms with van der Waals surface area (Å²) in [6.07, 6.45) is 1.25. The predicted molar refractivity (Wildman–Crippen MR) is 121 cm³/mol. The Morgan fingerprint density at radius 3 is 2.24 bits per heavy atom. The fraction of sp³-hybridized carbons (Fsp3) is 0.364. The van der Waals surface area contributed by atoms with Crippen LogP contribution in [0.3, 0.4) is 0 Å². The largest absolute Gasteiger partial charge is 0.270 e. The summed E-state index contributed by atoms with van der Waals surface area (Å²) in [5.41, 5.74) is 4.41. The van der Waals surface area contributed by atoms with Gasteiger partial charge in [0.05, 0.1) is 11.4 Å². The molecule has 0 saturated heterocycles. The van der Waals surface area contributed by atoms with E-state index in [0.717, 1.165) is 22.6 Å². The first-order valence-electron chi connectivity index (χ1n) is 9.49. The van der Waals surface area contributed by atoms with Gasteiger partial charge in [-0.3, -0.25) is 4.57 Å². The van der Waals surface area contributed by atoms with Crippen LogP contribution in [0.2, 0.25) is 0 Å². The van der Waals surface area contributed by atoms with E-state index in [4.69, 9.17) is 0 Å². The molecule has 0 aliphatic heterocycles. The van der Waals surface area contributed by atoms with Crippen molar-refractivity contribution in [1.82, 2.24) is 14.8 Å². The second-order valence-corrected chi connectivity index (χ2v) is 11.6. The molecule has 0 atom stereocenters. The van der Waals surface area contributed by atoms with Crippen molar-refractivity contribution in [3.8, 4) is 17.1 Å². The number of hydrogen-bond acceptors (Lipinski definition) is 5. The second-order valence-electron chi connectivity index (χ2n) is 8.23. The minimum Gasteiger partial charge on any atom is -0.270 e. The van der Waals surface area contributed by atoms with Crippen LogP contribution in [0.25, 0.3) is 17.1 Å². The van der Waals surface area contributed by atoms with Gasteiger partial charge in [0.15, 0.2) is 11.0 Å². The van der Waals surface area contributed by atoms with Crippen LogP contribution in [0.5, 0.6) is 0 Å². The van der Waals surface area contributed by atoms with E-state index in [1.165, 1.54) is 23.6 Å². The summed E-state index contributed by atoms with van der Waals surface area (Å²) in [6.45, 7) is 8.61. The summed E-state index contributed by atoms with van der Waals surface area (Å²) in [7, 11) is -3.02. The van der Waals surface area contributed by atoms with E-state index in [-0.39, 0.29) is 11.2 Å². The number of hydrogen-bond donors (Lipinski definition) is 0. The molecular formula is C22H27N3O2S2. The smallest absolute Gasteiger partial charge is 0.196 e. The molecule has 0 bridgehead atoms. The van der Waals surface area contributed by atoms with Gasteiger partial charge in [-0.1, -0.05) is 75.0 Å². The highest BCUT2D eigenvalue weighted by atomic mass is 32.2. The Balaban J connectivity index is 2.04. The van der Waals surface area contributed by atoms with Gasteiger partial charge in [-0.05, 0) is 29.5 Å². The number of benzene rings is 2. The van der Waals surface area contributed by atoms with Gasteiger partial charge < -0.3 is 0 Å². The van der Waals surface area contributed by atoms with Crippen molar-refractivity contribution in [2.75, 3.05) is 17.8 Å². The van der Waals surface area contributed by atoms with Gasteiger partial charge in [0.25, 0.3) is 0 Å². The highest BCUT2D eigenvalue weighted by Crippen LogP contribution is 2.31. The molecule has 1 aromatic heterocycles. The third kappa shape index (κ3) is 5.28. The Kier molecular flexibility index (Phi) is 6.19. The van der Waals surface area contributed by atoms with Gasteiger partial charge in [0.1, 0.15) is 9.84 Å². The topological polar surface area (TPSA) is 64.8 Å². The molecule has 3 rings (SSSR count). The molecule has 3 aromatic rings. The third-order valence-electron chi connectivity index (χ3n) is 4.68. The lowest BCUT2D eigenvalue weighted by atomic mass is 9.87. The molecule has 0 N–H and O–H groups in total. The molecule has 5 nitrogen and oxygen atoms in total. The van der Waals surface area contributed by atoms with E-state index >= 15 is 0 Å². The van der Waals surface area contributed by atoms with E-state index in [0.29, 0.717) is 10.9 Å². The van der Waals surface area contributed by atoms with Crippen LogP contribution < -0.4 is 0 Å². The number of para-hydroxylation sites is 1. The molecule has 0 aliphatic rings. The van der Waals surface area contributed by atoms with Crippen LogP contribution in [0.1, 0.15) is 31.9 Å². The van der Waals surface area contributed by atoms with Gasteiger partial charge >= 0.3 is 0 Å². The summed E-state index contributed by atoms with van der Waals surface area (Å²) in [5.74, 6) is 1.29. The predicted octanol–water partition coefficient (Wildman–Crippen LogP) is 4.68. The molecule has 0 saturated carbocycles. The molecule has 0 radical (unpaired) electrons. The van der Waals surface area contributed by atoms with Gasteiger partial charge in [-0.2, -0.15) is 0 Å². The Morgan fingerprint density at radius 1 is 1.00 bits per heavy atom. The molecule has 0 fully saturated rings. The van der Waals surface area contributed by atoms with Crippen LogP contribution in [-0.4, -0.2) is 40.9 Å². The van der Waals surface area contributed by atoms with Crippen molar-refractivity contribution < 1.29 is 8.42 Å². The molecule has 0 unspecified atom stereocenters. The van der Waals surface area contributed by atoms with E-state index in [2.05, 4.69) is 55.2 Å². The highest BCUT2D eigenvalue weighted by Gasteiger charge is 2.19. The van der Waals surface area contributed by atoms with Crippen LogP contribution >= 0.6 is 11.8 Å². The van der Waals surface area contributed by atoms with Gasteiger partial charge in [0, 0.05) is 17.6 Å². The lowest BCUT2D eigenvalue weighted by Crippen LogP contribution is -2.10. The molecule has 1 heterocycles. The van der Waals surface area contributed by atoms with Crippen LogP contribution in [0, 0.1) is 6.92 Å². The van der Waals surface area contributed by atoms with Crippen LogP contribution in [0.4, 0.5) is 0 Å². The second kappa shape index (κ2) is 8.32. The number of aryl methyl sites for hydroxylation is 1. The molecule has 7 heteroatoms. The Morgan fingerprint density at radius 2 is 1.66 bits per heavy atom. The molecule has 29 heavy (non-hydrogen) atoms. The van der Waals surface area contributed by atoms with Crippen molar-refractivity contribution in [2.45, 2.75) is 38.3 Å². The fourth-order valence-corrected chi connectivity index (χ4v) is 5.12. The Hall–Kier alpha value is -2.12. The third-order valence-corrected chi connectivity index (χ3v) is 6.82. The zero-order valence-electron chi connectivity index (χ0n) is 17.5. The fourth-order valence-electron chi connectivity index (χ4n) is 2.99. The number of aromatic nitrogens is 3. The molecule has 0 aliphatic carbocycles. The number of nitrogens with zero attached hydrogens (tertiary/aromatic N) is 3. The average molecular weight is 430 g/mol. The van der Waals surface area contributed by atoms with Crippen molar-refractivity contribution in [3.63, 3.8) is 0 Å². The van der Waals surface area contributed by atoms with Crippen molar-refractivity contribution in [1.29, 1.82) is 0 Å². The Bertz CT molecular complexity index is 1100. The minimum atomic E-state index is -3.02. The quantitative estimate of drug-likeness (QED) is 0.533. The summed E-state index contributed by atoms with van der Waals surface area (Å²) in [4.78, 5) is 0. The monoisotopic (exact) mass is 429 g/mol. The minimum absolute atomic E-state index is 0.0783. The average Bonchev–Trinajstić information content (AvgIpc) is 3.04. The zero-order valence-corrected chi connectivity index (χ0v) is 19.1. The van der Waals surface area contributed by atoms with E-state index in [9.17, 15) is 8.42 Å². The van der Waals surface area contributed by atoms with Gasteiger partial charge in [0.2, 0.25) is 0 Å². The highest BCUT2D eigenvalue weighted by molar-refractivity contribution is 8.00. The summed E-state index contributed by atoms with van der Waals surface area (Å²) < 4.78 is 25.0. The lowest BCUT2D eigenvalue weighted by Gasteiger charge is -2.19. The van der Waals surface area contributed by atoms with E-state index < -0.39 is 9.84 Å². The van der Waals surface area contributed by atoms with E-state index in [1.54, 1.807) is 0 Å². The first-order valence-corrected chi connectivity index (χ1v) is 12.5. The molecule has 154 valence electrons. The molecule has 2 aromatic carbocycles.